The van der Waals surface area contributed by atoms with Gasteiger partial charge in [0.2, 0.25) is 0 Å². The van der Waals surface area contributed by atoms with E-state index in [0.29, 0.717) is 18.5 Å². The normalized spacial score (nSPS) is 11.5. The molecule has 0 aliphatic heterocycles. The smallest absolute Gasteiger partial charge is 0.309 e. The summed E-state index contributed by atoms with van der Waals surface area (Å²) in [5.74, 6) is -1.64. The molecule has 0 radical (unpaired) electrons. The molecule has 4 nitrogen and oxygen atoms in total. The quantitative estimate of drug-likeness (QED) is 0.612. The van der Waals surface area contributed by atoms with E-state index in [9.17, 15) is 14.0 Å². The van der Waals surface area contributed by atoms with Gasteiger partial charge in [0.05, 0.1) is 5.92 Å². The Balaban J connectivity index is 2.39. The van der Waals surface area contributed by atoms with Gasteiger partial charge in [-0.25, -0.2) is 4.39 Å². The third-order valence-electron chi connectivity index (χ3n) is 2.62. The van der Waals surface area contributed by atoms with Crippen molar-refractivity contribution >= 4 is 11.9 Å². The zero-order chi connectivity index (χ0) is 15.0. The van der Waals surface area contributed by atoms with Gasteiger partial charge in [-0.15, -0.1) is 6.58 Å². The molecule has 0 saturated carbocycles. The third kappa shape index (κ3) is 5.65. The van der Waals surface area contributed by atoms with Crippen LogP contribution < -0.4 is 5.32 Å². The molecule has 1 atom stereocenters. The predicted molar refractivity (Wildman–Crippen MR) is 73.4 cm³/mol. The van der Waals surface area contributed by atoms with Crippen LogP contribution in [0.2, 0.25) is 0 Å². The molecular weight excluding hydrogens is 261 g/mol. The molecule has 1 aromatic rings. The molecule has 108 valence electrons. The lowest BCUT2D eigenvalue weighted by molar-refractivity contribution is -0.152. The lowest BCUT2D eigenvalue weighted by Crippen LogP contribution is -2.30. The summed E-state index contributed by atoms with van der Waals surface area (Å²) in [5, 5.41) is 2.50. The number of carbonyl (C=O) groups is 2. The number of hydrogen-bond donors (Lipinski definition) is 1. The second kappa shape index (κ2) is 8.09. The first-order chi connectivity index (χ1) is 9.52. The molecule has 0 aromatic heterocycles. The standard InChI is InChI=1S/C15H18FNO3/c1-3-7-17-14(18)10-20-15(19)11(2)8-12-5-4-6-13(16)9-12/h3-6,9,11H,1,7-8,10H2,2H3,(H,17,18). The van der Waals surface area contributed by atoms with Gasteiger partial charge in [0, 0.05) is 6.54 Å². The molecule has 1 aromatic carbocycles. The van der Waals surface area contributed by atoms with Crippen molar-refractivity contribution < 1.29 is 18.7 Å². The summed E-state index contributed by atoms with van der Waals surface area (Å²) in [6.45, 7) is 5.14. The molecule has 0 aliphatic carbocycles. The lowest BCUT2D eigenvalue weighted by atomic mass is 10.0. The maximum Gasteiger partial charge on any atom is 0.309 e. The Bertz CT molecular complexity index is 488. The van der Waals surface area contributed by atoms with Crippen molar-refractivity contribution in [3.63, 3.8) is 0 Å². The van der Waals surface area contributed by atoms with Crippen LogP contribution in [0.15, 0.2) is 36.9 Å². The van der Waals surface area contributed by atoms with Crippen molar-refractivity contribution in [2.75, 3.05) is 13.2 Å². The average Bonchev–Trinajstić information content (AvgIpc) is 2.42. The van der Waals surface area contributed by atoms with E-state index in [4.69, 9.17) is 4.74 Å². The van der Waals surface area contributed by atoms with Crippen LogP contribution in [0.5, 0.6) is 0 Å². The Labute approximate surface area is 117 Å². The van der Waals surface area contributed by atoms with E-state index < -0.39 is 11.9 Å². The summed E-state index contributed by atoms with van der Waals surface area (Å²) in [6, 6.07) is 6.05. The molecule has 1 rings (SSSR count). The number of halogens is 1. The van der Waals surface area contributed by atoms with Crippen LogP contribution in [-0.2, 0) is 20.7 Å². The van der Waals surface area contributed by atoms with E-state index in [0.717, 1.165) is 0 Å². The van der Waals surface area contributed by atoms with Crippen LogP contribution in [-0.4, -0.2) is 25.0 Å². The van der Waals surface area contributed by atoms with Crippen molar-refractivity contribution in [1.82, 2.24) is 5.32 Å². The molecule has 0 spiro atoms. The van der Waals surface area contributed by atoms with Gasteiger partial charge < -0.3 is 10.1 Å². The van der Waals surface area contributed by atoms with Gasteiger partial charge in [-0.1, -0.05) is 25.1 Å². The number of ether oxygens (including phenoxy) is 1. The van der Waals surface area contributed by atoms with Crippen LogP contribution >= 0.6 is 0 Å². The number of esters is 1. The molecule has 20 heavy (non-hydrogen) atoms. The van der Waals surface area contributed by atoms with Crippen LogP contribution in [0.25, 0.3) is 0 Å². The summed E-state index contributed by atoms with van der Waals surface area (Å²) in [4.78, 5) is 22.9. The Morgan fingerprint density at radius 2 is 2.25 bits per heavy atom. The minimum Gasteiger partial charge on any atom is -0.455 e. The van der Waals surface area contributed by atoms with Crippen molar-refractivity contribution in [3.8, 4) is 0 Å². The fourth-order valence-corrected chi connectivity index (χ4v) is 1.62. The molecule has 0 heterocycles. The summed E-state index contributed by atoms with van der Waals surface area (Å²) < 4.78 is 17.9. The molecule has 0 fully saturated rings. The zero-order valence-corrected chi connectivity index (χ0v) is 11.4. The molecule has 5 heteroatoms. The first-order valence-electron chi connectivity index (χ1n) is 6.31. The highest BCUT2D eigenvalue weighted by atomic mass is 19.1. The first-order valence-corrected chi connectivity index (χ1v) is 6.31. The molecular formula is C15H18FNO3. The van der Waals surface area contributed by atoms with Crippen LogP contribution in [0.4, 0.5) is 4.39 Å². The lowest BCUT2D eigenvalue weighted by Gasteiger charge is -2.11. The van der Waals surface area contributed by atoms with Crippen molar-refractivity contribution in [2.24, 2.45) is 5.92 Å². The molecule has 1 amide bonds. The van der Waals surface area contributed by atoms with E-state index in [1.54, 1.807) is 19.1 Å². The number of benzene rings is 1. The second-order valence-electron chi connectivity index (χ2n) is 4.44. The van der Waals surface area contributed by atoms with E-state index in [2.05, 4.69) is 11.9 Å². The highest BCUT2D eigenvalue weighted by Gasteiger charge is 2.16. The number of hydrogen-bond acceptors (Lipinski definition) is 3. The van der Waals surface area contributed by atoms with E-state index in [1.807, 2.05) is 0 Å². The Kier molecular flexibility index (Phi) is 6.43. The van der Waals surface area contributed by atoms with Gasteiger partial charge in [0.25, 0.3) is 5.91 Å². The van der Waals surface area contributed by atoms with Crippen LogP contribution in [0.3, 0.4) is 0 Å². The third-order valence-corrected chi connectivity index (χ3v) is 2.62. The predicted octanol–water partition coefficient (Wildman–Crippen LogP) is 1.85. The fraction of sp³-hybridized carbons (Fsp3) is 0.333. The minimum absolute atomic E-state index is 0.319. The molecule has 0 saturated heterocycles. The van der Waals surface area contributed by atoms with Crippen molar-refractivity contribution in [2.45, 2.75) is 13.3 Å². The van der Waals surface area contributed by atoms with Gasteiger partial charge in [-0.3, -0.25) is 9.59 Å². The SMILES string of the molecule is C=CCNC(=O)COC(=O)C(C)Cc1cccc(F)c1. The van der Waals surface area contributed by atoms with Gasteiger partial charge in [0.1, 0.15) is 5.82 Å². The minimum atomic E-state index is -0.483. The Morgan fingerprint density at radius 3 is 2.90 bits per heavy atom. The second-order valence-corrected chi connectivity index (χ2v) is 4.44. The monoisotopic (exact) mass is 279 g/mol. The fourth-order valence-electron chi connectivity index (χ4n) is 1.62. The Hall–Kier alpha value is -2.17. The number of amides is 1. The van der Waals surface area contributed by atoms with E-state index in [-0.39, 0.29) is 18.3 Å². The highest BCUT2D eigenvalue weighted by molar-refractivity contribution is 5.81. The Morgan fingerprint density at radius 1 is 1.50 bits per heavy atom. The van der Waals surface area contributed by atoms with Crippen molar-refractivity contribution in [3.05, 3.63) is 48.3 Å². The average molecular weight is 279 g/mol. The maximum atomic E-state index is 13.0. The highest BCUT2D eigenvalue weighted by Crippen LogP contribution is 2.11. The van der Waals surface area contributed by atoms with Gasteiger partial charge in [-0.05, 0) is 24.1 Å². The van der Waals surface area contributed by atoms with E-state index in [1.165, 1.54) is 18.2 Å². The molecule has 0 bridgehead atoms. The number of carbonyl (C=O) groups excluding carboxylic acids is 2. The number of rotatable bonds is 7. The maximum absolute atomic E-state index is 13.0. The van der Waals surface area contributed by atoms with Crippen molar-refractivity contribution in [1.29, 1.82) is 0 Å². The van der Waals surface area contributed by atoms with Gasteiger partial charge in [-0.2, -0.15) is 0 Å². The molecule has 0 aliphatic rings. The van der Waals surface area contributed by atoms with Crippen LogP contribution in [0, 0.1) is 11.7 Å². The first kappa shape index (κ1) is 15.9. The van der Waals surface area contributed by atoms with E-state index >= 15 is 0 Å². The topological polar surface area (TPSA) is 55.4 Å². The molecule has 1 unspecified atom stereocenters. The van der Waals surface area contributed by atoms with Gasteiger partial charge in [0.15, 0.2) is 6.61 Å². The molecule has 1 N–H and O–H groups in total. The number of nitrogens with one attached hydrogen (secondary N) is 1. The zero-order valence-electron chi connectivity index (χ0n) is 11.4. The largest absolute Gasteiger partial charge is 0.455 e. The summed E-state index contributed by atoms with van der Waals surface area (Å²) in [6.07, 6.45) is 1.90. The summed E-state index contributed by atoms with van der Waals surface area (Å²) in [5.41, 5.74) is 0.713. The van der Waals surface area contributed by atoms with Crippen LogP contribution in [0.1, 0.15) is 12.5 Å². The summed E-state index contributed by atoms with van der Waals surface area (Å²) in [7, 11) is 0. The van der Waals surface area contributed by atoms with Gasteiger partial charge >= 0.3 is 5.97 Å². The summed E-state index contributed by atoms with van der Waals surface area (Å²) >= 11 is 0.